The van der Waals surface area contributed by atoms with E-state index in [-0.39, 0.29) is 22.6 Å². The number of nitrogens with zero attached hydrogens (tertiary/aromatic N) is 3. The van der Waals surface area contributed by atoms with Crippen molar-refractivity contribution in [2.75, 3.05) is 32.3 Å². The van der Waals surface area contributed by atoms with Crippen LogP contribution in [-0.4, -0.2) is 78.1 Å². The maximum absolute atomic E-state index is 12.8. The summed E-state index contributed by atoms with van der Waals surface area (Å²) in [4.78, 5) is 47.0. The number of carbonyl (C=O) groups excluding carboxylic acids is 3. The molecule has 0 spiro atoms. The van der Waals surface area contributed by atoms with Crippen LogP contribution in [0.25, 0.3) is 0 Å². The second-order valence-electron chi connectivity index (χ2n) is 6.67. The van der Waals surface area contributed by atoms with Crippen LogP contribution >= 0.6 is 23.1 Å². The van der Waals surface area contributed by atoms with Crippen LogP contribution < -0.4 is 11.1 Å². The Morgan fingerprint density at radius 3 is 2.90 bits per heavy atom. The number of hydrogen-bond donors (Lipinski definition) is 2. The molecule has 2 aliphatic rings. The normalized spacial score (nSPS) is 23.3. The van der Waals surface area contributed by atoms with Gasteiger partial charge in [-0.05, 0) is 18.4 Å². The molecule has 0 bridgehead atoms. The van der Waals surface area contributed by atoms with Gasteiger partial charge in [-0.15, -0.1) is 23.1 Å². The first-order valence-electron chi connectivity index (χ1n) is 9.23. The number of likely N-dealkylation sites (N-methyl/N-ethyl adjacent to an activating group) is 1. The molecule has 3 N–H and O–H groups in total. The van der Waals surface area contributed by atoms with Gasteiger partial charge in [0, 0.05) is 24.8 Å². The van der Waals surface area contributed by atoms with Crippen molar-refractivity contribution in [2.24, 2.45) is 5.16 Å². The number of amides is 1. The third-order valence-electron chi connectivity index (χ3n) is 4.84. The zero-order valence-corrected chi connectivity index (χ0v) is 18.2. The van der Waals surface area contributed by atoms with Gasteiger partial charge in [-0.3, -0.25) is 9.59 Å². The van der Waals surface area contributed by atoms with Crippen molar-refractivity contribution in [3.05, 3.63) is 22.3 Å². The Bertz CT molecular complexity index is 865. The highest BCUT2D eigenvalue weighted by Gasteiger charge is 2.37. The molecule has 162 valence electrons. The van der Waals surface area contributed by atoms with E-state index in [0.717, 1.165) is 36.0 Å². The quantitative estimate of drug-likeness (QED) is 0.325. The van der Waals surface area contributed by atoms with Crippen LogP contribution in [0.3, 0.4) is 0 Å². The van der Waals surface area contributed by atoms with Crippen LogP contribution in [0.15, 0.2) is 21.8 Å². The fraction of sp³-hybridized carbons (Fsp3) is 0.500. The van der Waals surface area contributed by atoms with Crippen LogP contribution in [0, 0.1) is 0 Å². The average molecular weight is 454 g/mol. The van der Waals surface area contributed by atoms with E-state index in [1.807, 2.05) is 0 Å². The van der Waals surface area contributed by atoms with Gasteiger partial charge in [0.05, 0.1) is 11.8 Å². The predicted molar refractivity (Wildman–Crippen MR) is 114 cm³/mol. The minimum absolute atomic E-state index is 0.0825. The predicted octanol–water partition coefficient (Wildman–Crippen LogP) is 0.396. The molecule has 3 rings (SSSR count). The van der Waals surface area contributed by atoms with Gasteiger partial charge in [-0.2, -0.15) is 0 Å². The number of nitrogens with two attached hydrogens (primary N) is 1. The maximum atomic E-state index is 12.8. The van der Waals surface area contributed by atoms with Crippen molar-refractivity contribution in [2.45, 2.75) is 30.4 Å². The number of nitrogen functional groups attached to an aromatic ring is 1. The van der Waals surface area contributed by atoms with Crippen LogP contribution in [0.5, 0.6) is 0 Å². The van der Waals surface area contributed by atoms with Gasteiger partial charge in [0.1, 0.15) is 30.5 Å². The summed E-state index contributed by atoms with van der Waals surface area (Å²) in [5, 5.41) is 7.77. The van der Waals surface area contributed by atoms with Crippen molar-refractivity contribution >= 4 is 52.4 Å². The standard InChI is InChI=1S/C18H23N5O5S2/c1-23-13(7-25)10(14-4-3-5-28-14)8-29-17(23)11(6-24)20-16(26)15(22-27-2)12-9-30-18(19)21-12/h6-7,9,11,14,17H,3-5,8H2,1-2H3,(H2,19,21)(H,20,26)/b22-15-/t11-,14?,17?/m1/s1. The van der Waals surface area contributed by atoms with Crippen molar-refractivity contribution in [1.82, 2.24) is 15.2 Å². The highest BCUT2D eigenvalue weighted by atomic mass is 32.2. The third-order valence-corrected chi connectivity index (χ3v) is 6.95. The van der Waals surface area contributed by atoms with Gasteiger partial charge in [0.2, 0.25) is 0 Å². The average Bonchev–Trinajstić information content (AvgIpc) is 3.42. The van der Waals surface area contributed by atoms with E-state index < -0.39 is 17.3 Å². The number of aromatic nitrogens is 1. The Morgan fingerprint density at radius 2 is 2.33 bits per heavy atom. The number of oxime groups is 1. The molecule has 0 saturated carbocycles. The minimum Gasteiger partial charge on any atom is -0.398 e. The molecule has 1 saturated heterocycles. The van der Waals surface area contributed by atoms with E-state index in [4.69, 9.17) is 15.3 Å². The zero-order valence-electron chi connectivity index (χ0n) is 16.6. The summed E-state index contributed by atoms with van der Waals surface area (Å²) in [6, 6.07) is -0.897. The van der Waals surface area contributed by atoms with Crippen molar-refractivity contribution in [3.63, 3.8) is 0 Å². The summed E-state index contributed by atoms with van der Waals surface area (Å²) in [5.74, 6) is -0.0925. The van der Waals surface area contributed by atoms with Crippen LogP contribution in [0.2, 0.25) is 0 Å². The molecule has 0 aliphatic carbocycles. The Kier molecular flexibility index (Phi) is 7.45. The van der Waals surface area contributed by atoms with E-state index in [1.165, 1.54) is 18.9 Å². The van der Waals surface area contributed by atoms with Gasteiger partial charge in [0.25, 0.3) is 5.91 Å². The molecule has 2 aliphatic heterocycles. The second kappa shape index (κ2) is 10.0. The number of rotatable bonds is 8. The molecule has 3 heterocycles. The molecule has 0 aromatic carbocycles. The number of carbonyl (C=O) groups is 3. The molecule has 2 unspecified atom stereocenters. The van der Waals surface area contributed by atoms with E-state index in [9.17, 15) is 14.4 Å². The number of nitrogens with one attached hydrogen (secondary N) is 1. The molecule has 1 amide bonds. The molecule has 30 heavy (non-hydrogen) atoms. The highest BCUT2D eigenvalue weighted by Crippen LogP contribution is 2.35. The molecule has 1 aromatic rings. The molecular weight excluding hydrogens is 430 g/mol. The SMILES string of the molecule is CO/N=C(\C(=O)N[C@H](C=O)C1SCC(C2CCCO2)=C(C=O)N1C)c1csc(N)n1. The fourth-order valence-electron chi connectivity index (χ4n) is 3.42. The lowest BCUT2D eigenvalue weighted by molar-refractivity contribution is -0.119. The zero-order chi connectivity index (χ0) is 21.7. The van der Waals surface area contributed by atoms with Crippen LogP contribution in [0.4, 0.5) is 5.13 Å². The van der Waals surface area contributed by atoms with Crippen molar-refractivity contribution in [3.8, 4) is 0 Å². The number of thiazole rings is 1. The lowest BCUT2D eigenvalue weighted by atomic mass is 10.1. The first-order valence-corrected chi connectivity index (χ1v) is 11.2. The molecule has 1 aromatic heterocycles. The monoisotopic (exact) mass is 453 g/mol. The van der Waals surface area contributed by atoms with Crippen LogP contribution in [0.1, 0.15) is 18.5 Å². The lowest BCUT2D eigenvalue weighted by Gasteiger charge is -2.39. The summed E-state index contributed by atoms with van der Waals surface area (Å²) in [6.07, 6.45) is 3.16. The number of anilines is 1. The van der Waals surface area contributed by atoms with Gasteiger partial charge in [-0.1, -0.05) is 5.16 Å². The summed E-state index contributed by atoms with van der Waals surface area (Å²) >= 11 is 2.62. The molecule has 1 fully saturated rings. The summed E-state index contributed by atoms with van der Waals surface area (Å²) in [5.41, 5.74) is 7.20. The fourth-order valence-corrected chi connectivity index (χ4v) is 5.33. The Morgan fingerprint density at radius 1 is 1.53 bits per heavy atom. The Hall–Kier alpha value is -2.44. The van der Waals surface area contributed by atoms with Crippen molar-refractivity contribution < 1.29 is 24.0 Å². The summed E-state index contributed by atoms with van der Waals surface area (Å²) < 4.78 is 5.73. The second-order valence-corrected chi connectivity index (χ2v) is 8.67. The smallest absolute Gasteiger partial charge is 0.276 e. The topological polar surface area (TPSA) is 136 Å². The van der Waals surface area contributed by atoms with Crippen molar-refractivity contribution in [1.29, 1.82) is 0 Å². The maximum Gasteiger partial charge on any atom is 0.276 e. The minimum atomic E-state index is -0.897. The van der Waals surface area contributed by atoms with Crippen LogP contribution in [-0.2, 0) is 24.0 Å². The van der Waals surface area contributed by atoms with E-state index >= 15 is 0 Å². The van der Waals surface area contributed by atoms with Gasteiger partial charge in [0.15, 0.2) is 17.1 Å². The summed E-state index contributed by atoms with van der Waals surface area (Å²) in [7, 11) is 3.03. The van der Waals surface area contributed by atoms with Gasteiger partial charge >= 0.3 is 0 Å². The summed E-state index contributed by atoms with van der Waals surface area (Å²) in [6.45, 7) is 0.674. The van der Waals surface area contributed by atoms with E-state index in [2.05, 4.69) is 15.5 Å². The molecule has 3 atom stereocenters. The first kappa shape index (κ1) is 22.2. The number of ether oxygens (including phenoxy) is 1. The third kappa shape index (κ3) is 4.65. The van der Waals surface area contributed by atoms with Gasteiger partial charge in [-0.25, -0.2) is 4.98 Å². The number of allylic oxidation sites excluding steroid dienone is 1. The molecule has 10 nitrogen and oxygen atoms in total. The lowest BCUT2D eigenvalue weighted by Crippen LogP contribution is -2.53. The number of aldehydes is 2. The largest absolute Gasteiger partial charge is 0.398 e. The van der Waals surface area contributed by atoms with E-state index in [0.29, 0.717) is 24.3 Å². The molecule has 12 heteroatoms. The Labute approximate surface area is 181 Å². The molecule has 0 radical (unpaired) electrons. The highest BCUT2D eigenvalue weighted by molar-refractivity contribution is 8.00. The van der Waals surface area contributed by atoms with E-state index in [1.54, 1.807) is 17.3 Å². The molecular formula is C18H23N5O5S2. The van der Waals surface area contributed by atoms with Gasteiger partial charge < -0.3 is 30.3 Å². The number of hydrogen-bond acceptors (Lipinski definition) is 11. The number of thioether (sulfide) groups is 1. The first-order chi connectivity index (χ1) is 14.5. The Balaban J connectivity index is 1.78.